The Hall–Kier alpha value is -2.53. The molecule has 1 saturated heterocycles. The topological polar surface area (TPSA) is 57.6 Å². The first kappa shape index (κ1) is 14.4. The normalized spacial score (nSPS) is 16.6. The van der Waals surface area contributed by atoms with Gasteiger partial charge in [0.05, 0.1) is 10.6 Å². The van der Waals surface area contributed by atoms with Crippen molar-refractivity contribution in [1.82, 2.24) is 0 Å². The molecule has 1 aliphatic rings. The van der Waals surface area contributed by atoms with E-state index in [1.165, 1.54) is 12.1 Å². The molecule has 0 spiro atoms. The molecule has 0 aliphatic carbocycles. The molecule has 0 bridgehead atoms. The van der Waals surface area contributed by atoms with Gasteiger partial charge in [0.1, 0.15) is 5.75 Å². The van der Waals surface area contributed by atoms with Gasteiger partial charge in [-0.25, -0.2) is 4.90 Å². The molecule has 5 heteroatoms. The van der Waals surface area contributed by atoms with Gasteiger partial charge in [0.15, 0.2) is 0 Å². The molecule has 1 aliphatic heterocycles. The van der Waals surface area contributed by atoms with Crippen LogP contribution in [0.25, 0.3) is 6.08 Å². The molecule has 2 aromatic carbocycles. The maximum Gasteiger partial charge on any atom is 0.298 e. The van der Waals surface area contributed by atoms with Crippen LogP contribution >= 0.6 is 11.8 Å². The lowest BCUT2D eigenvalue weighted by Gasteiger charge is -2.12. The number of carbonyl (C=O) groups excluding carboxylic acids is 2. The number of hydrogen-bond acceptors (Lipinski definition) is 4. The molecule has 0 aromatic heterocycles. The minimum Gasteiger partial charge on any atom is -0.508 e. The van der Waals surface area contributed by atoms with E-state index in [4.69, 9.17) is 0 Å². The smallest absolute Gasteiger partial charge is 0.298 e. The number of phenols is 1. The third kappa shape index (κ3) is 2.76. The molecule has 0 radical (unpaired) electrons. The molecule has 110 valence electrons. The highest BCUT2D eigenvalue weighted by Gasteiger charge is 2.36. The lowest BCUT2D eigenvalue weighted by molar-refractivity contribution is -0.113. The van der Waals surface area contributed by atoms with Crippen LogP contribution < -0.4 is 4.90 Å². The van der Waals surface area contributed by atoms with Crippen molar-refractivity contribution in [3.8, 4) is 5.75 Å². The van der Waals surface area contributed by atoms with Crippen molar-refractivity contribution in [2.75, 3.05) is 4.90 Å². The second kappa shape index (κ2) is 5.69. The summed E-state index contributed by atoms with van der Waals surface area (Å²) >= 11 is 0.918. The summed E-state index contributed by atoms with van der Waals surface area (Å²) in [5, 5.41) is 8.96. The van der Waals surface area contributed by atoms with Crippen LogP contribution in [0.15, 0.2) is 53.4 Å². The van der Waals surface area contributed by atoms with Gasteiger partial charge < -0.3 is 5.11 Å². The van der Waals surface area contributed by atoms with E-state index in [9.17, 15) is 14.7 Å². The molecule has 1 N–H and O–H groups in total. The summed E-state index contributed by atoms with van der Waals surface area (Å²) in [6.07, 6.45) is 1.72. The lowest BCUT2D eigenvalue weighted by atomic mass is 10.1. The molecule has 3 rings (SSSR count). The number of phenolic OH excluding ortho intramolecular Hbond substituents is 1. The highest BCUT2D eigenvalue weighted by Crippen LogP contribution is 2.36. The zero-order valence-corrected chi connectivity index (χ0v) is 12.6. The van der Waals surface area contributed by atoms with Crippen LogP contribution in [-0.2, 0) is 4.79 Å². The van der Waals surface area contributed by atoms with Crippen molar-refractivity contribution >= 4 is 34.7 Å². The van der Waals surface area contributed by atoms with Crippen LogP contribution in [0.1, 0.15) is 11.1 Å². The number of thioether (sulfide) groups is 1. The van der Waals surface area contributed by atoms with Gasteiger partial charge in [-0.3, -0.25) is 9.59 Å². The van der Waals surface area contributed by atoms with Gasteiger partial charge in [-0.05, 0) is 54.6 Å². The number of aryl methyl sites for hydroxylation is 1. The van der Waals surface area contributed by atoms with Gasteiger partial charge >= 0.3 is 0 Å². The maximum absolute atomic E-state index is 12.4. The van der Waals surface area contributed by atoms with E-state index in [1.54, 1.807) is 18.2 Å². The predicted octanol–water partition coefficient (Wildman–Crippen LogP) is 3.94. The number of hydrogen-bond donors (Lipinski definition) is 1. The maximum atomic E-state index is 12.4. The molecule has 0 atom stereocenters. The molecule has 2 amide bonds. The summed E-state index contributed by atoms with van der Waals surface area (Å²) in [7, 11) is 0. The summed E-state index contributed by atoms with van der Waals surface area (Å²) in [6, 6.07) is 13.7. The predicted molar refractivity (Wildman–Crippen MR) is 87.7 cm³/mol. The number of aromatic hydroxyl groups is 1. The summed E-state index contributed by atoms with van der Waals surface area (Å²) in [5.41, 5.74) is 2.43. The van der Waals surface area contributed by atoms with Gasteiger partial charge in [0.2, 0.25) is 0 Å². The number of carbonyl (C=O) groups is 2. The van der Waals surface area contributed by atoms with Gasteiger partial charge in [-0.2, -0.15) is 0 Å². The Bertz CT molecular complexity index is 781. The summed E-state index contributed by atoms with van der Waals surface area (Å²) in [5.74, 6) is -0.256. The molecule has 0 saturated carbocycles. The van der Waals surface area contributed by atoms with E-state index < -0.39 is 0 Å². The number of imide groups is 1. The number of anilines is 1. The molecule has 1 heterocycles. The van der Waals surface area contributed by atoms with Crippen LogP contribution in [0.5, 0.6) is 5.75 Å². The second-order valence-electron chi connectivity index (χ2n) is 4.95. The Morgan fingerprint density at radius 1 is 1.09 bits per heavy atom. The van der Waals surface area contributed by atoms with E-state index in [2.05, 4.69) is 0 Å². The number of benzene rings is 2. The minimum atomic E-state index is -0.345. The zero-order valence-electron chi connectivity index (χ0n) is 11.8. The average Bonchev–Trinajstić information content (AvgIpc) is 2.75. The number of amides is 2. The standard InChI is InChI=1S/C17H13NO3S/c1-11-3-2-4-12(9-11)10-15-16(20)18(17(21)22-15)13-5-7-14(19)8-6-13/h2-10,19H,1H3/b15-10-. The summed E-state index contributed by atoms with van der Waals surface area (Å²) in [4.78, 5) is 26.1. The second-order valence-corrected chi connectivity index (χ2v) is 5.94. The van der Waals surface area contributed by atoms with E-state index in [0.717, 1.165) is 27.8 Å². The molecule has 1 fully saturated rings. The average molecular weight is 311 g/mol. The van der Waals surface area contributed by atoms with Crippen LogP contribution in [0.3, 0.4) is 0 Å². The third-order valence-electron chi connectivity index (χ3n) is 3.24. The molecule has 2 aromatic rings. The van der Waals surface area contributed by atoms with Crippen molar-refractivity contribution in [3.63, 3.8) is 0 Å². The van der Waals surface area contributed by atoms with E-state index in [0.29, 0.717) is 10.6 Å². The van der Waals surface area contributed by atoms with E-state index in [-0.39, 0.29) is 16.9 Å². The highest BCUT2D eigenvalue weighted by molar-refractivity contribution is 8.19. The first-order valence-corrected chi connectivity index (χ1v) is 7.50. The van der Waals surface area contributed by atoms with Crippen molar-refractivity contribution in [3.05, 3.63) is 64.6 Å². The Balaban J connectivity index is 1.93. The van der Waals surface area contributed by atoms with Crippen LogP contribution in [0, 0.1) is 6.92 Å². The minimum absolute atomic E-state index is 0.0889. The monoisotopic (exact) mass is 311 g/mol. The quantitative estimate of drug-likeness (QED) is 0.853. The Morgan fingerprint density at radius 3 is 2.50 bits per heavy atom. The van der Waals surface area contributed by atoms with Crippen LogP contribution in [-0.4, -0.2) is 16.3 Å². The molecule has 0 unspecified atom stereocenters. The van der Waals surface area contributed by atoms with E-state index in [1.807, 2.05) is 31.2 Å². The van der Waals surface area contributed by atoms with Crippen LogP contribution in [0.4, 0.5) is 10.5 Å². The summed E-state index contributed by atoms with van der Waals surface area (Å²) < 4.78 is 0. The van der Waals surface area contributed by atoms with Gasteiger partial charge in [-0.15, -0.1) is 0 Å². The zero-order chi connectivity index (χ0) is 15.7. The van der Waals surface area contributed by atoms with Crippen molar-refractivity contribution in [1.29, 1.82) is 0 Å². The Labute approximate surface area is 132 Å². The fourth-order valence-electron chi connectivity index (χ4n) is 2.20. The largest absolute Gasteiger partial charge is 0.508 e. The summed E-state index contributed by atoms with van der Waals surface area (Å²) in [6.45, 7) is 1.97. The molecule has 22 heavy (non-hydrogen) atoms. The first-order valence-electron chi connectivity index (χ1n) is 6.68. The fourth-order valence-corrected chi connectivity index (χ4v) is 3.04. The van der Waals surface area contributed by atoms with Crippen molar-refractivity contribution in [2.45, 2.75) is 6.92 Å². The molecule has 4 nitrogen and oxygen atoms in total. The van der Waals surface area contributed by atoms with Crippen molar-refractivity contribution in [2.24, 2.45) is 0 Å². The molecular weight excluding hydrogens is 298 g/mol. The van der Waals surface area contributed by atoms with Gasteiger partial charge in [0.25, 0.3) is 11.1 Å². The number of rotatable bonds is 2. The Kier molecular flexibility index (Phi) is 3.73. The lowest BCUT2D eigenvalue weighted by Crippen LogP contribution is -2.27. The van der Waals surface area contributed by atoms with E-state index >= 15 is 0 Å². The molecular formula is C17H13NO3S. The van der Waals surface area contributed by atoms with Crippen molar-refractivity contribution < 1.29 is 14.7 Å². The Morgan fingerprint density at radius 2 is 1.82 bits per heavy atom. The fraction of sp³-hybridized carbons (Fsp3) is 0.0588. The first-order chi connectivity index (χ1) is 10.5. The van der Waals surface area contributed by atoms with Gasteiger partial charge in [-0.1, -0.05) is 29.8 Å². The number of nitrogens with zero attached hydrogens (tertiary/aromatic N) is 1. The van der Waals surface area contributed by atoms with Crippen LogP contribution in [0.2, 0.25) is 0 Å². The highest BCUT2D eigenvalue weighted by atomic mass is 32.2. The SMILES string of the molecule is Cc1cccc(/C=C2\SC(=O)N(c3ccc(O)cc3)C2=O)c1. The third-order valence-corrected chi connectivity index (χ3v) is 4.11. The van der Waals surface area contributed by atoms with Gasteiger partial charge in [0, 0.05) is 0 Å².